The lowest BCUT2D eigenvalue weighted by atomic mass is 9.89. The van der Waals surface area contributed by atoms with Crippen molar-refractivity contribution in [2.24, 2.45) is 5.73 Å². The number of nitrogens with one attached hydrogen (secondary N) is 1. The van der Waals surface area contributed by atoms with Crippen LogP contribution >= 0.6 is 0 Å². The number of carbonyl (C=O) groups excluding carboxylic acids is 1. The van der Waals surface area contributed by atoms with Crippen LogP contribution in [0.4, 0.5) is 9.18 Å². The van der Waals surface area contributed by atoms with Gasteiger partial charge in [0.15, 0.2) is 0 Å². The molecule has 1 amide bonds. The van der Waals surface area contributed by atoms with Crippen LogP contribution in [0.3, 0.4) is 0 Å². The molecule has 1 aliphatic carbocycles. The highest BCUT2D eigenvalue weighted by atomic mass is 19.1. The minimum Gasteiger partial charge on any atom is -0.444 e. The summed E-state index contributed by atoms with van der Waals surface area (Å²) in [5.41, 5.74) is 5.20. The van der Waals surface area contributed by atoms with E-state index < -0.39 is 23.9 Å². The summed E-state index contributed by atoms with van der Waals surface area (Å²) in [7, 11) is 0. The Morgan fingerprint density at radius 1 is 1.44 bits per heavy atom. The summed E-state index contributed by atoms with van der Waals surface area (Å²) in [6.45, 7) is 5.29. The van der Waals surface area contributed by atoms with E-state index in [2.05, 4.69) is 5.32 Å². The molecule has 0 saturated heterocycles. The lowest BCUT2D eigenvalue weighted by Gasteiger charge is -2.33. The van der Waals surface area contributed by atoms with Crippen LogP contribution in [0.1, 0.15) is 40.0 Å². The fourth-order valence-electron chi connectivity index (χ4n) is 1.82. The molecule has 0 aromatic heterocycles. The Balaban J connectivity index is 2.48. The Hall–Kier alpha value is -0.840. The molecule has 0 unspecified atom stereocenters. The van der Waals surface area contributed by atoms with Crippen LogP contribution in [0.5, 0.6) is 0 Å². The van der Waals surface area contributed by atoms with E-state index in [0.29, 0.717) is 6.42 Å². The molecule has 3 atom stereocenters. The molecule has 16 heavy (non-hydrogen) atoms. The van der Waals surface area contributed by atoms with E-state index >= 15 is 0 Å². The highest BCUT2D eigenvalue weighted by Gasteiger charge is 2.33. The van der Waals surface area contributed by atoms with Crippen molar-refractivity contribution in [3.63, 3.8) is 0 Å². The van der Waals surface area contributed by atoms with Gasteiger partial charge in [0.05, 0.1) is 6.04 Å². The molecule has 94 valence electrons. The molecule has 1 aliphatic rings. The summed E-state index contributed by atoms with van der Waals surface area (Å²) in [5.74, 6) is 0. The van der Waals surface area contributed by atoms with E-state index in [1.165, 1.54) is 0 Å². The average Bonchev–Trinajstić information content (AvgIpc) is 2.08. The second-order valence-corrected chi connectivity index (χ2v) is 5.28. The van der Waals surface area contributed by atoms with Crippen LogP contribution in [-0.2, 0) is 4.74 Å². The van der Waals surface area contributed by atoms with Gasteiger partial charge in [0, 0.05) is 6.04 Å². The minimum absolute atomic E-state index is 0.323. The maximum atomic E-state index is 13.5. The van der Waals surface area contributed by atoms with Crippen LogP contribution in [0.25, 0.3) is 0 Å². The van der Waals surface area contributed by atoms with Crippen LogP contribution in [0.2, 0.25) is 0 Å². The zero-order valence-electron chi connectivity index (χ0n) is 10.1. The van der Waals surface area contributed by atoms with Gasteiger partial charge in [0.2, 0.25) is 0 Å². The van der Waals surface area contributed by atoms with Gasteiger partial charge in [-0.25, -0.2) is 9.18 Å². The summed E-state index contributed by atoms with van der Waals surface area (Å²) in [6, 6.07) is -0.945. The van der Waals surface area contributed by atoms with Gasteiger partial charge >= 0.3 is 6.09 Å². The molecule has 3 N–H and O–H groups in total. The van der Waals surface area contributed by atoms with E-state index in [-0.39, 0.29) is 6.04 Å². The molecule has 0 aromatic carbocycles. The number of carbonyl (C=O) groups is 1. The molecule has 1 rings (SSSR count). The number of alkyl halides is 1. The molecule has 0 bridgehead atoms. The van der Waals surface area contributed by atoms with Crippen molar-refractivity contribution in [3.8, 4) is 0 Å². The van der Waals surface area contributed by atoms with Crippen molar-refractivity contribution in [1.29, 1.82) is 0 Å². The van der Waals surface area contributed by atoms with Crippen molar-refractivity contribution < 1.29 is 13.9 Å². The van der Waals surface area contributed by atoms with Gasteiger partial charge in [-0.3, -0.25) is 0 Å². The topological polar surface area (TPSA) is 64.3 Å². The number of hydrogen-bond donors (Lipinski definition) is 2. The maximum absolute atomic E-state index is 13.5. The summed E-state index contributed by atoms with van der Waals surface area (Å²) in [6.07, 6.45) is 0.290. The largest absolute Gasteiger partial charge is 0.444 e. The summed E-state index contributed by atoms with van der Waals surface area (Å²) in [4.78, 5) is 11.5. The second-order valence-electron chi connectivity index (χ2n) is 5.28. The maximum Gasteiger partial charge on any atom is 0.408 e. The summed E-state index contributed by atoms with van der Waals surface area (Å²) >= 11 is 0. The van der Waals surface area contributed by atoms with Crippen molar-refractivity contribution in [1.82, 2.24) is 5.32 Å². The minimum atomic E-state index is -1.07. The molecule has 0 aliphatic heterocycles. The van der Waals surface area contributed by atoms with E-state index in [4.69, 9.17) is 10.5 Å². The number of nitrogens with two attached hydrogens (primary N) is 1. The molecular formula is C11H21FN2O2. The predicted molar refractivity (Wildman–Crippen MR) is 59.9 cm³/mol. The molecule has 0 aromatic rings. The molecule has 0 heterocycles. The predicted octanol–water partition coefficient (Wildman–Crippen LogP) is 1.73. The average molecular weight is 232 g/mol. The number of hydrogen-bond acceptors (Lipinski definition) is 3. The SMILES string of the molecule is CC(C)(C)OC(=O)N[C@@H]1[C@H](N)CCC[C@@H]1F. The van der Waals surface area contributed by atoms with E-state index in [1.807, 2.05) is 0 Å². The number of halogens is 1. The zero-order valence-corrected chi connectivity index (χ0v) is 10.1. The Bertz CT molecular complexity index is 243. The van der Waals surface area contributed by atoms with Crippen LogP contribution in [0.15, 0.2) is 0 Å². The number of amides is 1. The Kier molecular flexibility index (Phi) is 4.13. The number of ether oxygens (including phenoxy) is 1. The highest BCUT2D eigenvalue weighted by Crippen LogP contribution is 2.21. The highest BCUT2D eigenvalue weighted by molar-refractivity contribution is 5.68. The third kappa shape index (κ3) is 3.96. The van der Waals surface area contributed by atoms with Crippen LogP contribution < -0.4 is 11.1 Å². The third-order valence-electron chi connectivity index (χ3n) is 2.55. The molecule has 0 spiro atoms. The van der Waals surface area contributed by atoms with Gasteiger partial charge in [-0.2, -0.15) is 0 Å². The van der Waals surface area contributed by atoms with Crippen molar-refractivity contribution in [2.45, 2.75) is 63.9 Å². The first kappa shape index (κ1) is 13.2. The molecule has 1 saturated carbocycles. The van der Waals surface area contributed by atoms with Gasteiger partial charge in [0.1, 0.15) is 11.8 Å². The fourth-order valence-corrected chi connectivity index (χ4v) is 1.82. The van der Waals surface area contributed by atoms with Gasteiger partial charge < -0.3 is 15.8 Å². The normalized spacial score (nSPS) is 30.9. The molecule has 4 nitrogen and oxygen atoms in total. The first-order valence-electron chi connectivity index (χ1n) is 5.69. The molecular weight excluding hydrogens is 211 g/mol. The van der Waals surface area contributed by atoms with Gasteiger partial charge in [-0.15, -0.1) is 0 Å². The molecule has 5 heteroatoms. The first-order valence-corrected chi connectivity index (χ1v) is 5.69. The van der Waals surface area contributed by atoms with Gasteiger partial charge in [0.25, 0.3) is 0 Å². The number of rotatable bonds is 1. The van der Waals surface area contributed by atoms with Crippen LogP contribution in [0, 0.1) is 0 Å². The van der Waals surface area contributed by atoms with Crippen molar-refractivity contribution in [3.05, 3.63) is 0 Å². The number of alkyl carbamates (subject to hydrolysis) is 1. The van der Waals surface area contributed by atoms with Crippen molar-refractivity contribution >= 4 is 6.09 Å². The quantitative estimate of drug-likeness (QED) is 0.723. The zero-order chi connectivity index (χ0) is 12.3. The first-order chi connectivity index (χ1) is 7.29. The summed E-state index contributed by atoms with van der Waals surface area (Å²) in [5, 5.41) is 2.51. The van der Waals surface area contributed by atoms with Gasteiger partial charge in [-0.05, 0) is 40.0 Å². The van der Waals surface area contributed by atoms with E-state index in [1.54, 1.807) is 20.8 Å². The lowest BCUT2D eigenvalue weighted by molar-refractivity contribution is 0.0436. The second kappa shape index (κ2) is 4.99. The Morgan fingerprint density at radius 2 is 2.06 bits per heavy atom. The smallest absolute Gasteiger partial charge is 0.408 e. The van der Waals surface area contributed by atoms with E-state index in [9.17, 15) is 9.18 Å². The van der Waals surface area contributed by atoms with Crippen LogP contribution in [-0.4, -0.2) is 29.9 Å². The third-order valence-corrected chi connectivity index (χ3v) is 2.55. The fraction of sp³-hybridized carbons (Fsp3) is 0.909. The Labute approximate surface area is 95.7 Å². The summed E-state index contributed by atoms with van der Waals surface area (Å²) < 4.78 is 18.6. The van der Waals surface area contributed by atoms with Gasteiger partial charge in [-0.1, -0.05) is 0 Å². The molecule has 1 fully saturated rings. The van der Waals surface area contributed by atoms with Crippen molar-refractivity contribution in [2.75, 3.05) is 0 Å². The van der Waals surface area contributed by atoms with E-state index in [0.717, 1.165) is 12.8 Å². The molecule has 0 radical (unpaired) electrons. The Morgan fingerprint density at radius 3 is 2.56 bits per heavy atom. The standard InChI is InChI=1S/C11H21FN2O2/c1-11(2,3)16-10(15)14-9-7(12)5-4-6-8(9)13/h7-9H,4-6,13H2,1-3H3,(H,14,15)/t7-,8+,9-/m0/s1. The lowest BCUT2D eigenvalue weighted by Crippen LogP contribution is -2.55. The monoisotopic (exact) mass is 232 g/mol.